The first-order valence-corrected chi connectivity index (χ1v) is 6.76. The van der Waals surface area contributed by atoms with Crippen LogP contribution in [0, 0.1) is 0 Å². The van der Waals surface area contributed by atoms with Crippen LogP contribution >= 0.6 is 27.5 Å². The van der Waals surface area contributed by atoms with Gasteiger partial charge in [0.2, 0.25) is 0 Å². The van der Waals surface area contributed by atoms with Gasteiger partial charge in [0, 0.05) is 15.9 Å². The van der Waals surface area contributed by atoms with Crippen LogP contribution in [0.4, 0.5) is 0 Å². The second-order valence-corrected chi connectivity index (χ2v) is 5.50. The highest BCUT2D eigenvalue weighted by molar-refractivity contribution is 9.10. The monoisotopic (exact) mass is 320 g/mol. The van der Waals surface area contributed by atoms with Crippen molar-refractivity contribution in [3.05, 3.63) is 63.3 Å². The smallest absolute Gasteiger partial charge is 0.111 e. The van der Waals surface area contributed by atoms with Crippen LogP contribution in [0.5, 0.6) is 0 Å². The van der Waals surface area contributed by atoms with Crippen LogP contribution in [0.25, 0.3) is 11.0 Å². The van der Waals surface area contributed by atoms with Crippen LogP contribution in [0.3, 0.4) is 0 Å². The Bertz CT molecular complexity index is 689. The lowest BCUT2D eigenvalue weighted by atomic mass is 10.1. The van der Waals surface area contributed by atoms with Crippen molar-refractivity contribution >= 4 is 38.6 Å². The molecule has 3 rings (SSSR count). The minimum atomic E-state index is 0.723. The highest BCUT2D eigenvalue weighted by Crippen LogP contribution is 2.19. The predicted octanol–water partition coefficient (Wildman–Crippen LogP) is 4.57. The third kappa shape index (κ3) is 2.42. The number of aromatic nitrogens is 2. The topological polar surface area (TPSA) is 28.7 Å². The number of nitrogens with one attached hydrogen (secondary N) is 1. The fraction of sp³-hybridized carbons (Fsp3) is 0.0714. The molecule has 0 aliphatic heterocycles. The Balaban J connectivity index is 1.92. The zero-order valence-corrected chi connectivity index (χ0v) is 11.8. The van der Waals surface area contributed by atoms with E-state index in [0.717, 1.165) is 32.8 Å². The molecule has 0 fully saturated rings. The number of benzene rings is 2. The van der Waals surface area contributed by atoms with E-state index in [1.54, 1.807) is 0 Å². The molecule has 90 valence electrons. The maximum absolute atomic E-state index is 5.95. The number of aromatic amines is 1. The van der Waals surface area contributed by atoms with E-state index in [1.165, 1.54) is 5.56 Å². The molecule has 0 atom stereocenters. The Morgan fingerprint density at radius 3 is 2.67 bits per heavy atom. The third-order valence-electron chi connectivity index (χ3n) is 2.78. The molecule has 0 saturated carbocycles. The Morgan fingerprint density at radius 2 is 1.89 bits per heavy atom. The second kappa shape index (κ2) is 4.75. The van der Waals surface area contributed by atoms with Gasteiger partial charge in [-0.1, -0.05) is 39.7 Å². The molecule has 18 heavy (non-hydrogen) atoms. The quantitative estimate of drug-likeness (QED) is 0.736. The molecule has 0 spiro atoms. The molecule has 1 N–H and O–H groups in total. The third-order valence-corrected chi connectivity index (χ3v) is 3.54. The van der Waals surface area contributed by atoms with E-state index in [2.05, 4.69) is 38.0 Å². The van der Waals surface area contributed by atoms with Crippen LogP contribution in [0.2, 0.25) is 5.02 Å². The molecule has 0 amide bonds. The van der Waals surface area contributed by atoms with Gasteiger partial charge in [-0.25, -0.2) is 4.98 Å². The van der Waals surface area contributed by atoms with E-state index >= 15 is 0 Å². The first-order valence-electron chi connectivity index (χ1n) is 5.59. The number of fused-ring (bicyclic) bond motifs is 1. The summed E-state index contributed by atoms with van der Waals surface area (Å²) in [4.78, 5) is 7.84. The summed E-state index contributed by atoms with van der Waals surface area (Å²) < 4.78 is 1.09. The molecule has 0 aliphatic carbocycles. The molecule has 0 saturated heterocycles. The number of hydrogen-bond donors (Lipinski definition) is 1. The predicted molar refractivity (Wildman–Crippen MR) is 78.1 cm³/mol. The average molecular weight is 322 g/mol. The van der Waals surface area contributed by atoms with E-state index in [1.807, 2.05) is 30.3 Å². The van der Waals surface area contributed by atoms with Crippen LogP contribution < -0.4 is 0 Å². The summed E-state index contributed by atoms with van der Waals surface area (Å²) in [5, 5.41) is 0.723. The van der Waals surface area contributed by atoms with Gasteiger partial charge in [-0.15, -0.1) is 0 Å². The van der Waals surface area contributed by atoms with Gasteiger partial charge < -0.3 is 4.98 Å². The number of hydrogen-bond acceptors (Lipinski definition) is 1. The van der Waals surface area contributed by atoms with Crippen molar-refractivity contribution in [1.29, 1.82) is 0 Å². The molecular formula is C14H10BrClN2. The van der Waals surface area contributed by atoms with Crippen molar-refractivity contribution in [3.63, 3.8) is 0 Å². The van der Waals surface area contributed by atoms with Crippen LogP contribution in [-0.4, -0.2) is 9.97 Å². The number of nitrogens with zero attached hydrogens (tertiary/aromatic N) is 1. The van der Waals surface area contributed by atoms with E-state index in [9.17, 15) is 0 Å². The molecule has 1 heterocycles. The summed E-state index contributed by atoms with van der Waals surface area (Å²) in [5.41, 5.74) is 3.16. The summed E-state index contributed by atoms with van der Waals surface area (Å²) in [6.07, 6.45) is 0.791. The summed E-state index contributed by atoms with van der Waals surface area (Å²) in [6, 6.07) is 13.9. The van der Waals surface area contributed by atoms with Crippen LogP contribution in [0.1, 0.15) is 11.4 Å². The molecule has 0 unspecified atom stereocenters. The van der Waals surface area contributed by atoms with Gasteiger partial charge in [0.05, 0.1) is 11.0 Å². The first kappa shape index (κ1) is 11.8. The molecule has 1 aromatic heterocycles. The lowest BCUT2D eigenvalue weighted by molar-refractivity contribution is 1.04. The Kier molecular flexibility index (Phi) is 3.10. The first-order chi connectivity index (χ1) is 8.70. The highest BCUT2D eigenvalue weighted by atomic mass is 79.9. The average Bonchev–Trinajstić information content (AvgIpc) is 2.73. The zero-order valence-electron chi connectivity index (χ0n) is 9.45. The van der Waals surface area contributed by atoms with Gasteiger partial charge in [-0.2, -0.15) is 0 Å². The lowest BCUT2D eigenvalue weighted by Gasteiger charge is -1.97. The Hall–Kier alpha value is -1.32. The van der Waals surface area contributed by atoms with Crippen molar-refractivity contribution in [1.82, 2.24) is 9.97 Å². The minimum absolute atomic E-state index is 0.723. The number of imidazole rings is 1. The standard InChI is InChI=1S/C14H10BrClN2/c15-10-3-1-9(2-4-10)7-14-17-12-6-5-11(16)8-13(12)18-14/h1-6,8H,7H2,(H,17,18). The molecular weight excluding hydrogens is 312 g/mol. The maximum Gasteiger partial charge on any atom is 0.111 e. The van der Waals surface area contributed by atoms with Gasteiger partial charge in [0.25, 0.3) is 0 Å². The lowest BCUT2D eigenvalue weighted by Crippen LogP contribution is -1.89. The molecule has 2 aromatic carbocycles. The van der Waals surface area contributed by atoms with Crippen LogP contribution in [-0.2, 0) is 6.42 Å². The minimum Gasteiger partial charge on any atom is -0.342 e. The van der Waals surface area contributed by atoms with Gasteiger partial charge >= 0.3 is 0 Å². The normalized spacial score (nSPS) is 11.0. The van der Waals surface area contributed by atoms with Gasteiger partial charge in [0.1, 0.15) is 5.82 Å². The fourth-order valence-electron chi connectivity index (χ4n) is 1.91. The SMILES string of the molecule is Clc1ccc2nc(Cc3ccc(Br)cc3)[nH]c2c1. The Labute approximate surface area is 118 Å². The molecule has 0 bridgehead atoms. The molecule has 0 radical (unpaired) electrons. The molecule has 4 heteroatoms. The van der Waals surface area contributed by atoms with Crippen molar-refractivity contribution in [2.45, 2.75) is 6.42 Å². The molecule has 2 nitrogen and oxygen atoms in total. The number of H-pyrrole nitrogens is 1. The second-order valence-electron chi connectivity index (χ2n) is 4.15. The maximum atomic E-state index is 5.95. The van der Waals surface area contributed by atoms with Crippen LogP contribution in [0.15, 0.2) is 46.9 Å². The van der Waals surface area contributed by atoms with Gasteiger partial charge in [-0.3, -0.25) is 0 Å². The Morgan fingerprint density at radius 1 is 1.11 bits per heavy atom. The van der Waals surface area contributed by atoms with E-state index in [4.69, 9.17) is 11.6 Å². The van der Waals surface area contributed by atoms with E-state index in [0.29, 0.717) is 0 Å². The summed E-state index contributed by atoms with van der Waals surface area (Å²) in [7, 11) is 0. The molecule has 3 aromatic rings. The van der Waals surface area contributed by atoms with Crippen molar-refractivity contribution in [3.8, 4) is 0 Å². The van der Waals surface area contributed by atoms with Crippen molar-refractivity contribution in [2.75, 3.05) is 0 Å². The summed E-state index contributed by atoms with van der Waals surface area (Å²) in [5.74, 6) is 0.953. The summed E-state index contributed by atoms with van der Waals surface area (Å²) >= 11 is 9.38. The zero-order chi connectivity index (χ0) is 12.5. The van der Waals surface area contributed by atoms with Crippen molar-refractivity contribution in [2.24, 2.45) is 0 Å². The van der Waals surface area contributed by atoms with E-state index < -0.39 is 0 Å². The van der Waals surface area contributed by atoms with Gasteiger partial charge in [-0.05, 0) is 35.9 Å². The van der Waals surface area contributed by atoms with Crippen molar-refractivity contribution < 1.29 is 0 Å². The number of halogens is 2. The highest BCUT2D eigenvalue weighted by Gasteiger charge is 2.04. The largest absolute Gasteiger partial charge is 0.342 e. The van der Waals surface area contributed by atoms with E-state index in [-0.39, 0.29) is 0 Å². The van der Waals surface area contributed by atoms with Gasteiger partial charge in [0.15, 0.2) is 0 Å². The fourth-order valence-corrected chi connectivity index (χ4v) is 2.35. The summed E-state index contributed by atoms with van der Waals surface area (Å²) in [6.45, 7) is 0. The molecule has 0 aliphatic rings. The number of rotatable bonds is 2.